The van der Waals surface area contributed by atoms with Crippen LogP contribution in [0.5, 0.6) is 0 Å². The van der Waals surface area contributed by atoms with Crippen LogP contribution in [0.15, 0.2) is 22.7 Å². The van der Waals surface area contributed by atoms with Gasteiger partial charge in [-0.2, -0.15) is 0 Å². The van der Waals surface area contributed by atoms with Gasteiger partial charge in [0.2, 0.25) is 0 Å². The third kappa shape index (κ3) is 3.74. The van der Waals surface area contributed by atoms with Gasteiger partial charge in [0.25, 0.3) is 0 Å². The Hall–Kier alpha value is -0.0500. The molecule has 0 bridgehead atoms. The zero-order valence-electron chi connectivity index (χ0n) is 11.8. The number of nitrogens with one attached hydrogen (secondary N) is 1. The molecule has 0 spiro atoms. The largest absolute Gasteiger partial charge is 0.313 e. The Balaban J connectivity index is 2.12. The Morgan fingerprint density at radius 2 is 2.00 bits per heavy atom. The molecule has 1 aliphatic rings. The van der Waals surface area contributed by atoms with E-state index in [0.717, 1.165) is 21.3 Å². The van der Waals surface area contributed by atoms with E-state index in [1.54, 1.807) is 0 Å². The quantitative estimate of drug-likeness (QED) is 0.752. The van der Waals surface area contributed by atoms with Gasteiger partial charge >= 0.3 is 0 Å². The summed E-state index contributed by atoms with van der Waals surface area (Å²) in [7, 11) is 2.07. The highest BCUT2D eigenvalue weighted by Crippen LogP contribution is 2.40. The van der Waals surface area contributed by atoms with Crippen molar-refractivity contribution in [2.24, 2.45) is 11.8 Å². The summed E-state index contributed by atoms with van der Waals surface area (Å²) in [5.41, 5.74) is 1.34. The van der Waals surface area contributed by atoms with E-state index in [4.69, 9.17) is 11.6 Å². The van der Waals surface area contributed by atoms with E-state index in [1.165, 1.54) is 37.7 Å². The normalized spacial score (nSPS) is 25.3. The minimum atomic E-state index is 0.435. The fourth-order valence-electron chi connectivity index (χ4n) is 3.33. The lowest BCUT2D eigenvalue weighted by Gasteiger charge is -2.34. The average Bonchev–Trinajstić information content (AvgIpc) is 2.42. The highest BCUT2D eigenvalue weighted by Gasteiger charge is 2.28. The lowest BCUT2D eigenvalue weighted by atomic mass is 9.76. The molecule has 1 saturated carbocycles. The van der Waals surface area contributed by atoms with Crippen LogP contribution >= 0.6 is 27.5 Å². The van der Waals surface area contributed by atoms with E-state index >= 15 is 0 Å². The monoisotopic (exact) mass is 343 g/mol. The first kappa shape index (κ1) is 15.3. The first-order chi connectivity index (χ1) is 9.15. The number of benzene rings is 1. The van der Waals surface area contributed by atoms with Crippen molar-refractivity contribution >= 4 is 27.5 Å². The smallest absolute Gasteiger partial charge is 0.0417 e. The molecular formula is C16H23BrClN. The van der Waals surface area contributed by atoms with Gasteiger partial charge in [0.15, 0.2) is 0 Å². The summed E-state index contributed by atoms with van der Waals surface area (Å²) < 4.78 is 1.12. The Morgan fingerprint density at radius 3 is 2.53 bits per heavy atom. The Kier molecular flexibility index (Phi) is 5.73. The molecule has 1 aromatic carbocycles. The zero-order valence-corrected chi connectivity index (χ0v) is 14.1. The van der Waals surface area contributed by atoms with E-state index < -0.39 is 0 Å². The predicted molar refractivity (Wildman–Crippen MR) is 86.7 cm³/mol. The summed E-state index contributed by atoms with van der Waals surface area (Å²) in [6.45, 7) is 2.32. The molecule has 1 atom stereocenters. The van der Waals surface area contributed by atoms with Gasteiger partial charge in [-0.3, -0.25) is 0 Å². The van der Waals surface area contributed by atoms with Gasteiger partial charge in [0.1, 0.15) is 0 Å². The van der Waals surface area contributed by atoms with Gasteiger partial charge in [-0.05, 0) is 49.4 Å². The van der Waals surface area contributed by atoms with Crippen LogP contribution < -0.4 is 5.32 Å². The lowest BCUT2D eigenvalue weighted by molar-refractivity contribution is 0.224. The van der Waals surface area contributed by atoms with Crippen LogP contribution in [0.1, 0.15) is 50.6 Å². The molecule has 0 amide bonds. The van der Waals surface area contributed by atoms with Crippen LogP contribution in [0, 0.1) is 11.8 Å². The van der Waals surface area contributed by atoms with Crippen LogP contribution in [0.25, 0.3) is 0 Å². The van der Waals surface area contributed by atoms with Crippen molar-refractivity contribution in [2.45, 2.75) is 45.1 Å². The van der Waals surface area contributed by atoms with E-state index in [9.17, 15) is 0 Å². The van der Waals surface area contributed by atoms with Gasteiger partial charge in [0, 0.05) is 15.5 Å². The van der Waals surface area contributed by atoms with Crippen LogP contribution in [0.3, 0.4) is 0 Å². The molecule has 19 heavy (non-hydrogen) atoms. The molecule has 1 aromatic rings. The minimum Gasteiger partial charge on any atom is -0.313 e. The highest BCUT2D eigenvalue weighted by atomic mass is 79.9. The van der Waals surface area contributed by atoms with Crippen molar-refractivity contribution < 1.29 is 0 Å². The van der Waals surface area contributed by atoms with Crippen LogP contribution in [0.4, 0.5) is 0 Å². The summed E-state index contributed by atoms with van der Waals surface area (Å²) in [5, 5.41) is 4.30. The van der Waals surface area contributed by atoms with Gasteiger partial charge in [-0.15, -0.1) is 0 Å². The molecule has 2 rings (SSSR count). The van der Waals surface area contributed by atoms with E-state index in [-0.39, 0.29) is 0 Å². The highest BCUT2D eigenvalue weighted by molar-refractivity contribution is 9.10. The zero-order chi connectivity index (χ0) is 13.8. The van der Waals surface area contributed by atoms with Crippen molar-refractivity contribution in [3.05, 3.63) is 33.3 Å². The van der Waals surface area contributed by atoms with Crippen molar-refractivity contribution in [1.82, 2.24) is 5.32 Å². The van der Waals surface area contributed by atoms with Gasteiger partial charge < -0.3 is 5.32 Å². The second kappa shape index (κ2) is 7.10. The fourth-order valence-corrected chi connectivity index (χ4v) is 4.26. The SMILES string of the molecule is CCC1CCC(C(NC)c2ccc(Cl)cc2Br)CC1. The Labute approximate surface area is 130 Å². The number of hydrogen-bond acceptors (Lipinski definition) is 1. The predicted octanol–water partition coefficient (Wildman–Crippen LogP) is 5.58. The fraction of sp³-hybridized carbons (Fsp3) is 0.625. The molecular weight excluding hydrogens is 322 g/mol. The average molecular weight is 345 g/mol. The maximum atomic E-state index is 6.04. The molecule has 0 heterocycles. The first-order valence-electron chi connectivity index (χ1n) is 7.28. The standard InChI is InChI=1S/C16H23BrClN/c1-3-11-4-6-12(7-5-11)16(19-2)14-9-8-13(18)10-15(14)17/h8-12,16,19H,3-7H2,1-2H3. The summed E-state index contributed by atoms with van der Waals surface area (Å²) in [5.74, 6) is 1.69. The van der Waals surface area contributed by atoms with Gasteiger partial charge in [-0.1, -0.05) is 59.8 Å². The Morgan fingerprint density at radius 1 is 1.32 bits per heavy atom. The van der Waals surface area contributed by atoms with Crippen molar-refractivity contribution in [3.63, 3.8) is 0 Å². The van der Waals surface area contributed by atoms with Gasteiger partial charge in [-0.25, -0.2) is 0 Å². The molecule has 1 nitrogen and oxygen atoms in total. The first-order valence-corrected chi connectivity index (χ1v) is 8.45. The van der Waals surface area contributed by atoms with Crippen LogP contribution in [0.2, 0.25) is 5.02 Å². The van der Waals surface area contributed by atoms with E-state index in [0.29, 0.717) is 6.04 Å². The molecule has 1 unspecified atom stereocenters. The second-order valence-corrected chi connectivity index (χ2v) is 6.91. The third-order valence-electron chi connectivity index (χ3n) is 4.55. The molecule has 0 radical (unpaired) electrons. The number of hydrogen-bond donors (Lipinski definition) is 1. The molecule has 1 N–H and O–H groups in total. The second-order valence-electron chi connectivity index (χ2n) is 5.62. The Bertz CT molecular complexity index is 413. The molecule has 1 aliphatic carbocycles. The lowest BCUT2D eigenvalue weighted by Crippen LogP contribution is -2.29. The third-order valence-corrected chi connectivity index (χ3v) is 5.47. The van der Waals surface area contributed by atoms with Crippen molar-refractivity contribution in [2.75, 3.05) is 7.05 Å². The van der Waals surface area contributed by atoms with E-state index in [1.807, 2.05) is 12.1 Å². The van der Waals surface area contributed by atoms with Crippen molar-refractivity contribution in [3.8, 4) is 0 Å². The maximum Gasteiger partial charge on any atom is 0.0417 e. The van der Waals surface area contributed by atoms with Crippen LogP contribution in [-0.4, -0.2) is 7.05 Å². The molecule has 1 fully saturated rings. The van der Waals surface area contributed by atoms with Crippen LogP contribution in [-0.2, 0) is 0 Å². The molecule has 0 saturated heterocycles. The molecule has 3 heteroatoms. The molecule has 0 aliphatic heterocycles. The summed E-state index contributed by atoms with van der Waals surface area (Å²) in [6.07, 6.45) is 6.76. The molecule has 106 valence electrons. The van der Waals surface area contributed by atoms with E-state index in [2.05, 4.69) is 41.3 Å². The van der Waals surface area contributed by atoms with Crippen molar-refractivity contribution in [1.29, 1.82) is 0 Å². The molecule has 0 aromatic heterocycles. The summed E-state index contributed by atoms with van der Waals surface area (Å²) in [6, 6.07) is 6.58. The maximum absolute atomic E-state index is 6.04. The summed E-state index contributed by atoms with van der Waals surface area (Å²) >= 11 is 9.69. The summed E-state index contributed by atoms with van der Waals surface area (Å²) in [4.78, 5) is 0. The topological polar surface area (TPSA) is 12.0 Å². The number of rotatable bonds is 4. The van der Waals surface area contributed by atoms with Gasteiger partial charge in [0.05, 0.1) is 0 Å². The minimum absolute atomic E-state index is 0.435. The number of halogens is 2.